The molecule has 146 valence electrons. The SMILES string of the molecule is COCOc1c(C(C)(C)C)cc(OC)c(Br)c1N=Nc1ccc(OC)cc1. The summed E-state index contributed by atoms with van der Waals surface area (Å²) in [5, 5.41) is 8.79. The Morgan fingerprint density at radius 3 is 2.15 bits per heavy atom. The topological polar surface area (TPSA) is 61.6 Å². The van der Waals surface area contributed by atoms with Crippen molar-refractivity contribution in [3.63, 3.8) is 0 Å². The van der Waals surface area contributed by atoms with Gasteiger partial charge in [0.15, 0.2) is 12.5 Å². The Morgan fingerprint density at radius 1 is 0.963 bits per heavy atom. The summed E-state index contributed by atoms with van der Waals surface area (Å²) in [4.78, 5) is 0. The van der Waals surface area contributed by atoms with Crippen LogP contribution < -0.4 is 14.2 Å². The number of azo groups is 1. The highest BCUT2D eigenvalue weighted by atomic mass is 79.9. The summed E-state index contributed by atoms with van der Waals surface area (Å²) < 4.78 is 22.3. The number of nitrogens with zero attached hydrogens (tertiary/aromatic N) is 2. The molecule has 2 rings (SSSR count). The van der Waals surface area contributed by atoms with E-state index in [0.29, 0.717) is 27.3 Å². The van der Waals surface area contributed by atoms with E-state index in [9.17, 15) is 0 Å². The van der Waals surface area contributed by atoms with E-state index in [-0.39, 0.29) is 12.2 Å². The molecule has 2 aromatic carbocycles. The van der Waals surface area contributed by atoms with Crippen molar-refractivity contribution in [2.45, 2.75) is 26.2 Å². The third-order valence-electron chi connectivity index (χ3n) is 3.85. The molecule has 0 aromatic heterocycles. The molecule has 27 heavy (non-hydrogen) atoms. The molecule has 0 bridgehead atoms. The average molecular weight is 437 g/mol. The van der Waals surface area contributed by atoms with Crippen molar-refractivity contribution in [2.75, 3.05) is 28.1 Å². The van der Waals surface area contributed by atoms with Crippen molar-refractivity contribution in [3.8, 4) is 17.2 Å². The molecule has 0 spiro atoms. The third-order valence-corrected chi connectivity index (χ3v) is 4.61. The van der Waals surface area contributed by atoms with Gasteiger partial charge in [-0.25, -0.2) is 0 Å². The van der Waals surface area contributed by atoms with Gasteiger partial charge in [-0.05, 0) is 51.7 Å². The molecule has 0 aliphatic heterocycles. The highest BCUT2D eigenvalue weighted by molar-refractivity contribution is 9.10. The summed E-state index contributed by atoms with van der Waals surface area (Å²) in [6.07, 6.45) is 0. The maximum atomic E-state index is 5.87. The second-order valence-corrected chi connectivity index (χ2v) is 7.61. The van der Waals surface area contributed by atoms with E-state index in [0.717, 1.165) is 11.3 Å². The van der Waals surface area contributed by atoms with Crippen LogP contribution in [0, 0.1) is 0 Å². The second kappa shape index (κ2) is 9.19. The maximum absolute atomic E-state index is 5.87. The zero-order valence-electron chi connectivity index (χ0n) is 16.5. The van der Waals surface area contributed by atoms with E-state index in [1.165, 1.54) is 0 Å². The molecule has 2 aromatic rings. The van der Waals surface area contributed by atoms with Crippen LogP contribution in [0.5, 0.6) is 17.2 Å². The lowest BCUT2D eigenvalue weighted by molar-refractivity contribution is 0.0501. The Kier molecular flexibility index (Phi) is 7.21. The van der Waals surface area contributed by atoms with Crippen molar-refractivity contribution in [3.05, 3.63) is 40.4 Å². The van der Waals surface area contributed by atoms with Gasteiger partial charge in [0.2, 0.25) is 0 Å². The molecule has 7 heteroatoms. The van der Waals surface area contributed by atoms with Crippen molar-refractivity contribution >= 4 is 27.3 Å². The summed E-state index contributed by atoms with van der Waals surface area (Å²) in [5.41, 5.74) is 2.00. The molecular weight excluding hydrogens is 412 g/mol. The quantitative estimate of drug-likeness (QED) is 0.384. The normalized spacial score (nSPS) is 11.7. The first kappa shape index (κ1) is 21.2. The monoisotopic (exact) mass is 436 g/mol. The lowest BCUT2D eigenvalue weighted by Crippen LogP contribution is -2.15. The highest BCUT2D eigenvalue weighted by Crippen LogP contribution is 2.48. The summed E-state index contributed by atoms with van der Waals surface area (Å²) in [6.45, 7) is 6.39. The number of ether oxygens (including phenoxy) is 4. The van der Waals surface area contributed by atoms with E-state index in [4.69, 9.17) is 18.9 Å². The molecule has 0 heterocycles. The molecule has 6 nitrogen and oxygen atoms in total. The van der Waals surface area contributed by atoms with Crippen LogP contribution in [0.25, 0.3) is 0 Å². The Hall–Kier alpha value is -2.12. The average Bonchev–Trinajstić information content (AvgIpc) is 2.65. The van der Waals surface area contributed by atoms with Gasteiger partial charge in [-0.15, -0.1) is 5.11 Å². The lowest BCUT2D eigenvalue weighted by Gasteiger charge is -2.25. The highest BCUT2D eigenvalue weighted by Gasteiger charge is 2.26. The summed E-state index contributed by atoms with van der Waals surface area (Å²) in [5.74, 6) is 2.03. The van der Waals surface area contributed by atoms with E-state index in [2.05, 4.69) is 46.9 Å². The van der Waals surface area contributed by atoms with Gasteiger partial charge in [-0.2, -0.15) is 5.11 Å². The van der Waals surface area contributed by atoms with Gasteiger partial charge in [0.05, 0.1) is 24.4 Å². The molecular formula is C20H25BrN2O4. The third kappa shape index (κ3) is 5.20. The van der Waals surface area contributed by atoms with Crippen LogP contribution in [-0.4, -0.2) is 28.1 Å². The van der Waals surface area contributed by atoms with E-state index in [1.807, 2.05) is 30.3 Å². The minimum Gasteiger partial charge on any atom is -0.497 e. The van der Waals surface area contributed by atoms with Crippen LogP contribution in [0.4, 0.5) is 11.4 Å². The first-order chi connectivity index (χ1) is 12.8. The van der Waals surface area contributed by atoms with Crippen LogP contribution in [0.1, 0.15) is 26.3 Å². The largest absolute Gasteiger partial charge is 0.497 e. The molecule has 0 atom stereocenters. The van der Waals surface area contributed by atoms with E-state index in [1.54, 1.807) is 21.3 Å². The fourth-order valence-electron chi connectivity index (χ4n) is 2.42. The number of benzene rings is 2. The molecule has 0 radical (unpaired) electrons. The summed E-state index contributed by atoms with van der Waals surface area (Å²) >= 11 is 3.56. The van der Waals surface area contributed by atoms with Crippen LogP contribution in [0.3, 0.4) is 0 Å². The molecule has 0 saturated heterocycles. The summed E-state index contributed by atoms with van der Waals surface area (Å²) in [7, 11) is 4.82. The van der Waals surface area contributed by atoms with Gasteiger partial charge in [-0.1, -0.05) is 20.8 Å². The molecule has 0 saturated carbocycles. The molecule has 0 unspecified atom stereocenters. The van der Waals surface area contributed by atoms with Crippen LogP contribution in [0.2, 0.25) is 0 Å². The fraction of sp³-hybridized carbons (Fsp3) is 0.400. The molecule has 0 aliphatic carbocycles. The number of halogens is 1. The van der Waals surface area contributed by atoms with Gasteiger partial charge < -0.3 is 18.9 Å². The first-order valence-corrected chi connectivity index (χ1v) is 9.19. The fourth-order valence-corrected chi connectivity index (χ4v) is 2.96. The van der Waals surface area contributed by atoms with Crippen LogP contribution >= 0.6 is 15.9 Å². The van der Waals surface area contributed by atoms with Gasteiger partial charge in [0.25, 0.3) is 0 Å². The van der Waals surface area contributed by atoms with Crippen molar-refractivity contribution in [1.29, 1.82) is 0 Å². The Morgan fingerprint density at radius 2 is 1.63 bits per heavy atom. The van der Waals surface area contributed by atoms with E-state index >= 15 is 0 Å². The van der Waals surface area contributed by atoms with Gasteiger partial charge in [0.1, 0.15) is 17.2 Å². The Labute approximate surface area is 168 Å². The van der Waals surface area contributed by atoms with Crippen LogP contribution in [-0.2, 0) is 10.2 Å². The van der Waals surface area contributed by atoms with Crippen molar-refractivity contribution in [2.24, 2.45) is 10.2 Å². The number of hydrogen-bond acceptors (Lipinski definition) is 6. The molecule has 0 N–H and O–H groups in total. The zero-order valence-corrected chi connectivity index (χ0v) is 18.1. The first-order valence-electron chi connectivity index (χ1n) is 8.40. The Bertz CT molecular complexity index is 799. The van der Waals surface area contributed by atoms with Crippen LogP contribution in [0.15, 0.2) is 45.0 Å². The minimum absolute atomic E-state index is 0.104. The lowest BCUT2D eigenvalue weighted by atomic mass is 9.85. The van der Waals surface area contributed by atoms with Crippen molar-refractivity contribution in [1.82, 2.24) is 0 Å². The summed E-state index contributed by atoms with van der Waals surface area (Å²) in [6, 6.07) is 9.27. The zero-order chi connectivity index (χ0) is 20.0. The Balaban J connectivity index is 2.57. The van der Waals surface area contributed by atoms with Gasteiger partial charge >= 0.3 is 0 Å². The molecule has 0 fully saturated rings. The van der Waals surface area contributed by atoms with Gasteiger partial charge in [0, 0.05) is 12.7 Å². The van der Waals surface area contributed by atoms with E-state index < -0.39 is 0 Å². The smallest absolute Gasteiger partial charge is 0.188 e. The standard InChI is InChI=1S/C20H25BrN2O4/c1-20(2,3)15-11-16(26-6)17(21)18(19(15)27-12-24-4)23-22-13-7-9-14(25-5)10-8-13/h7-11H,12H2,1-6H3. The second-order valence-electron chi connectivity index (χ2n) is 6.82. The molecule has 0 amide bonds. The predicted octanol–water partition coefficient (Wildman–Crippen LogP) is 6.16. The number of hydrogen-bond donors (Lipinski definition) is 0. The van der Waals surface area contributed by atoms with Gasteiger partial charge in [-0.3, -0.25) is 0 Å². The molecule has 0 aliphatic rings. The predicted molar refractivity (Wildman–Crippen MR) is 109 cm³/mol. The maximum Gasteiger partial charge on any atom is 0.188 e. The number of methoxy groups -OCH3 is 3. The van der Waals surface area contributed by atoms with Crippen molar-refractivity contribution < 1.29 is 18.9 Å². The number of rotatable bonds is 7. The minimum atomic E-state index is -0.193.